The Bertz CT molecular complexity index is 1200. The SMILES string of the molecule is C1=CC2=CC(=CC1)COC/C=C/COCC13CC1C(=CC=C3OCCCN1CCCC1)Nc1nccc2n1.[HH]. The van der Waals surface area contributed by atoms with Crippen LogP contribution in [-0.2, 0) is 14.2 Å². The number of aromatic nitrogens is 2. The molecule has 0 amide bonds. The molecule has 2 unspecified atom stereocenters. The normalized spacial score (nSPS) is 28.3. The number of hydrogen-bond donors (Lipinski definition) is 1. The van der Waals surface area contributed by atoms with E-state index in [0.29, 0.717) is 38.3 Å². The first kappa shape index (κ1) is 25.3. The second kappa shape index (κ2) is 11.8. The molecular formula is C31H40N4O3. The van der Waals surface area contributed by atoms with Gasteiger partial charge in [0.1, 0.15) is 5.76 Å². The number of ether oxygens (including phenoxy) is 3. The van der Waals surface area contributed by atoms with E-state index in [-0.39, 0.29) is 6.84 Å². The van der Waals surface area contributed by atoms with Crippen molar-refractivity contribution in [1.82, 2.24) is 14.9 Å². The van der Waals surface area contributed by atoms with Gasteiger partial charge in [-0.15, -0.1) is 0 Å². The van der Waals surface area contributed by atoms with Gasteiger partial charge in [0.05, 0.1) is 44.1 Å². The fraction of sp³-hybridized carbons (Fsp3) is 0.484. The molecule has 7 nitrogen and oxygen atoms in total. The van der Waals surface area contributed by atoms with Crippen LogP contribution in [0.4, 0.5) is 5.95 Å². The topological polar surface area (TPSA) is 68.7 Å². The van der Waals surface area contributed by atoms with Crippen LogP contribution in [0, 0.1) is 11.3 Å². The van der Waals surface area contributed by atoms with Gasteiger partial charge < -0.3 is 24.4 Å². The number of rotatable bonds is 5. The number of allylic oxidation sites excluding steroid dienone is 7. The summed E-state index contributed by atoms with van der Waals surface area (Å²) in [7, 11) is 0. The molecule has 2 aliphatic heterocycles. The molecule has 38 heavy (non-hydrogen) atoms. The monoisotopic (exact) mass is 516 g/mol. The van der Waals surface area contributed by atoms with E-state index in [1.165, 1.54) is 25.9 Å². The molecule has 6 bridgehead atoms. The summed E-state index contributed by atoms with van der Waals surface area (Å²) >= 11 is 0. The van der Waals surface area contributed by atoms with Gasteiger partial charge in [0.15, 0.2) is 0 Å². The number of nitrogens with zero attached hydrogens (tertiary/aromatic N) is 3. The van der Waals surface area contributed by atoms with Crippen LogP contribution in [0.1, 0.15) is 39.2 Å². The Balaban J connectivity index is 0.00000308. The van der Waals surface area contributed by atoms with Crippen LogP contribution in [0.2, 0.25) is 0 Å². The number of fused-ring (bicyclic) bond motifs is 4. The van der Waals surface area contributed by atoms with Gasteiger partial charge in [0.2, 0.25) is 5.95 Å². The summed E-state index contributed by atoms with van der Waals surface area (Å²) in [5.74, 6) is 1.98. The molecule has 2 atom stereocenters. The average Bonchev–Trinajstić information content (AvgIpc) is 3.55. The van der Waals surface area contributed by atoms with Crippen LogP contribution in [0.3, 0.4) is 0 Å². The zero-order chi connectivity index (χ0) is 25.6. The fourth-order valence-corrected chi connectivity index (χ4v) is 5.84. The van der Waals surface area contributed by atoms with Crippen molar-refractivity contribution in [3.63, 3.8) is 0 Å². The minimum atomic E-state index is -0.121. The van der Waals surface area contributed by atoms with Crippen molar-refractivity contribution in [3.8, 4) is 0 Å². The smallest absolute Gasteiger partial charge is 0.227 e. The van der Waals surface area contributed by atoms with Crippen molar-refractivity contribution in [2.24, 2.45) is 11.3 Å². The zero-order valence-corrected chi connectivity index (χ0v) is 22.1. The Labute approximate surface area is 227 Å². The van der Waals surface area contributed by atoms with Gasteiger partial charge in [-0.25, -0.2) is 9.97 Å². The van der Waals surface area contributed by atoms with Gasteiger partial charge in [-0.1, -0.05) is 30.4 Å². The number of anilines is 1. The van der Waals surface area contributed by atoms with Gasteiger partial charge in [-0.05, 0) is 75.1 Å². The highest BCUT2D eigenvalue weighted by molar-refractivity contribution is 5.75. The van der Waals surface area contributed by atoms with Gasteiger partial charge in [-0.2, -0.15) is 0 Å². The molecule has 3 aliphatic carbocycles. The fourth-order valence-electron chi connectivity index (χ4n) is 5.84. The second-order valence-corrected chi connectivity index (χ2v) is 10.7. The summed E-state index contributed by atoms with van der Waals surface area (Å²) in [4.78, 5) is 11.9. The van der Waals surface area contributed by atoms with Crippen LogP contribution < -0.4 is 5.32 Å². The maximum Gasteiger partial charge on any atom is 0.227 e. The average molecular weight is 517 g/mol. The van der Waals surface area contributed by atoms with Crippen molar-refractivity contribution in [1.29, 1.82) is 0 Å². The Morgan fingerprint density at radius 1 is 1.13 bits per heavy atom. The second-order valence-electron chi connectivity index (χ2n) is 10.7. The first-order chi connectivity index (χ1) is 18.8. The lowest BCUT2D eigenvalue weighted by Gasteiger charge is -2.26. The Kier molecular flexibility index (Phi) is 7.86. The number of hydrogen-bond acceptors (Lipinski definition) is 7. The van der Waals surface area contributed by atoms with E-state index < -0.39 is 0 Å². The van der Waals surface area contributed by atoms with Crippen LogP contribution in [0.25, 0.3) is 5.57 Å². The van der Waals surface area contributed by atoms with Crippen molar-refractivity contribution in [3.05, 3.63) is 83.6 Å². The molecule has 0 aromatic carbocycles. The third kappa shape index (κ3) is 5.85. The summed E-state index contributed by atoms with van der Waals surface area (Å²) in [5.41, 5.74) is 4.12. The summed E-state index contributed by atoms with van der Waals surface area (Å²) in [6.45, 7) is 6.64. The summed E-state index contributed by atoms with van der Waals surface area (Å²) < 4.78 is 18.5. The number of nitrogens with one attached hydrogen (secondary N) is 1. The van der Waals surface area contributed by atoms with E-state index in [0.717, 1.165) is 60.7 Å². The molecule has 1 saturated carbocycles. The van der Waals surface area contributed by atoms with Crippen LogP contribution in [0.15, 0.2) is 77.9 Å². The lowest BCUT2D eigenvalue weighted by atomic mass is 9.95. The van der Waals surface area contributed by atoms with Crippen LogP contribution in [0.5, 0.6) is 0 Å². The molecule has 7 heteroatoms. The molecule has 1 N–H and O–H groups in total. The lowest BCUT2D eigenvalue weighted by molar-refractivity contribution is 0.0753. The predicted octanol–water partition coefficient (Wildman–Crippen LogP) is 5.30. The highest BCUT2D eigenvalue weighted by atomic mass is 16.5. The van der Waals surface area contributed by atoms with E-state index >= 15 is 0 Å². The molecule has 0 spiro atoms. The van der Waals surface area contributed by atoms with Crippen molar-refractivity contribution in [2.45, 2.75) is 32.1 Å². The molecule has 1 aromatic rings. The Hall–Kier alpha value is -3.00. The van der Waals surface area contributed by atoms with Gasteiger partial charge in [0, 0.05) is 31.4 Å². The molecule has 1 aromatic heterocycles. The minimum Gasteiger partial charge on any atom is -0.497 e. The van der Waals surface area contributed by atoms with E-state index in [1.807, 2.05) is 18.3 Å². The maximum absolute atomic E-state index is 6.40. The third-order valence-electron chi connectivity index (χ3n) is 8.02. The molecule has 6 rings (SSSR count). The molecule has 1 saturated heterocycles. The molecule has 202 valence electrons. The summed E-state index contributed by atoms with van der Waals surface area (Å²) in [5, 5.41) is 3.53. The standard InChI is InChI=1S/C31H38N4O3.H2/c1-2-9-25-20-24(8-1)22-36-17-5-6-18-37-23-31-21-26(31)28(34-30-32-13-12-27(25)33-30)10-11-29(31)38-19-7-16-35-14-3-4-15-35;/h2,5-6,8-13,20,26H,1,3-4,7,14-19,21-23H2,(H,32,33,34);1H/b6-5+;. The highest BCUT2D eigenvalue weighted by Crippen LogP contribution is 2.63. The zero-order valence-electron chi connectivity index (χ0n) is 22.1. The largest absolute Gasteiger partial charge is 0.497 e. The van der Waals surface area contributed by atoms with Crippen molar-refractivity contribution < 1.29 is 15.6 Å². The van der Waals surface area contributed by atoms with Crippen LogP contribution >= 0.6 is 0 Å². The van der Waals surface area contributed by atoms with Crippen molar-refractivity contribution >= 4 is 11.5 Å². The van der Waals surface area contributed by atoms with Gasteiger partial charge >= 0.3 is 0 Å². The van der Waals surface area contributed by atoms with E-state index in [9.17, 15) is 0 Å². The minimum absolute atomic E-state index is 0. The van der Waals surface area contributed by atoms with E-state index in [4.69, 9.17) is 19.2 Å². The first-order valence-electron chi connectivity index (χ1n) is 14.1. The van der Waals surface area contributed by atoms with Crippen molar-refractivity contribution in [2.75, 3.05) is 58.0 Å². The Morgan fingerprint density at radius 2 is 2.03 bits per heavy atom. The van der Waals surface area contributed by atoms with Gasteiger partial charge in [0.25, 0.3) is 0 Å². The highest BCUT2D eigenvalue weighted by Gasteiger charge is 2.61. The third-order valence-corrected chi connectivity index (χ3v) is 8.02. The first-order valence-corrected chi connectivity index (χ1v) is 14.1. The molecule has 5 aliphatic rings. The molecule has 3 heterocycles. The number of likely N-dealkylation sites (tertiary alicyclic amines) is 1. The molecular weight excluding hydrogens is 476 g/mol. The lowest BCUT2D eigenvalue weighted by Crippen LogP contribution is -2.25. The summed E-state index contributed by atoms with van der Waals surface area (Å²) in [6, 6.07) is 1.96. The summed E-state index contributed by atoms with van der Waals surface area (Å²) in [6.07, 6.45) is 24.4. The van der Waals surface area contributed by atoms with E-state index in [1.54, 1.807) is 0 Å². The molecule has 2 fully saturated rings. The quantitative estimate of drug-likeness (QED) is 0.421. The maximum atomic E-state index is 6.40. The van der Waals surface area contributed by atoms with E-state index in [2.05, 4.69) is 57.7 Å². The van der Waals surface area contributed by atoms with Gasteiger partial charge in [-0.3, -0.25) is 0 Å². The van der Waals surface area contributed by atoms with Crippen LogP contribution in [-0.4, -0.2) is 67.5 Å². The Morgan fingerprint density at radius 3 is 2.95 bits per heavy atom. The predicted molar refractivity (Wildman–Crippen MR) is 151 cm³/mol. The molecule has 0 radical (unpaired) electrons.